The van der Waals surface area contributed by atoms with Gasteiger partial charge in [0.2, 0.25) is 5.91 Å². The number of hydrogen-bond acceptors (Lipinski definition) is 3. The maximum absolute atomic E-state index is 13.7. The molecule has 7 heteroatoms. The van der Waals surface area contributed by atoms with Crippen molar-refractivity contribution in [1.29, 1.82) is 0 Å². The van der Waals surface area contributed by atoms with E-state index in [1.54, 1.807) is 11.1 Å². The fraction of sp³-hybridized carbons (Fsp3) is 0.409. The molecule has 0 aliphatic carbocycles. The maximum Gasteiger partial charge on any atom is 0.245 e. The van der Waals surface area contributed by atoms with Gasteiger partial charge in [0, 0.05) is 37.9 Å². The molecule has 0 aromatic heterocycles. The molecule has 0 bridgehead atoms. The van der Waals surface area contributed by atoms with Crippen molar-refractivity contribution in [2.24, 2.45) is 5.41 Å². The van der Waals surface area contributed by atoms with Crippen molar-refractivity contribution < 1.29 is 18.0 Å². The Hall–Kier alpha value is -2.54. The summed E-state index contributed by atoms with van der Waals surface area (Å²) in [4.78, 5) is 15.5. The van der Waals surface area contributed by atoms with Crippen LogP contribution in [0.3, 0.4) is 0 Å². The summed E-state index contributed by atoms with van der Waals surface area (Å²) in [5, 5.41) is 3.76. The van der Waals surface area contributed by atoms with Crippen LogP contribution >= 0.6 is 0 Å². The molecular weight excluding hydrogens is 379 g/mol. The van der Waals surface area contributed by atoms with E-state index in [2.05, 4.69) is 4.90 Å². The van der Waals surface area contributed by atoms with Crippen LogP contribution in [0.25, 0.3) is 0 Å². The molecule has 4 nitrogen and oxygen atoms in total. The minimum Gasteiger partial charge on any atom is -0.371 e. The number of fused-ring (bicyclic) bond motifs is 1. The number of piperidine rings is 1. The van der Waals surface area contributed by atoms with Crippen molar-refractivity contribution in [1.82, 2.24) is 10.0 Å². The van der Waals surface area contributed by atoms with E-state index in [1.807, 2.05) is 11.1 Å². The highest BCUT2D eigenvalue weighted by atomic mass is 19.1. The van der Waals surface area contributed by atoms with Crippen molar-refractivity contribution >= 4 is 11.6 Å². The number of carbonyl (C=O) groups is 1. The number of halogens is 3. The molecule has 0 saturated carbocycles. The van der Waals surface area contributed by atoms with Gasteiger partial charge in [0.15, 0.2) is 0 Å². The third-order valence-corrected chi connectivity index (χ3v) is 6.57. The predicted molar refractivity (Wildman–Crippen MR) is 102 cm³/mol. The van der Waals surface area contributed by atoms with E-state index in [0.717, 1.165) is 11.8 Å². The molecule has 0 radical (unpaired) electrons. The molecule has 1 atom stereocenters. The smallest absolute Gasteiger partial charge is 0.245 e. The standard InChI is InChI=1S/C22H22F3N3O/c23-16-2-1-3-19(13-16)26-8-5-22(6-9-26)14-27-7-4-20(28(27)21(22)29)15-10-17(24)12-18(25)11-15/h1-3,10-13,20H,4-9,14H2/t20-/m0/s1. The highest BCUT2D eigenvalue weighted by molar-refractivity contribution is 5.85. The van der Waals surface area contributed by atoms with Crippen molar-refractivity contribution in [3.63, 3.8) is 0 Å². The van der Waals surface area contributed by atoms with Gasteiger partial charge in [0.05, 0.1) is 11.5 Å². The van der Waals surface area contributed by atoms with Crippen LogP contribution in [-0.2, 0) is 4.79 Å². The number of carbonyl (C=O) groups excluding carboxylic acids is 1. The minimum atomic E-state index is -0.622. The molecule has 0 N–H and O–H groups in total. The Morgan fingerprint density at radius 1 is 0.897 bits per heavy atom. The van der Waals surface area contributed by atoms with Gasteiger partial charge in [-0.1, -0.05) is 6.07 Å². The van der Waals surface area contributed by atoms with Gasteiger partial charge >= 0.3 is 0 Å². The molecule has 2 aromatic carbocycles. The average molecular weight is 401 g/mol. The fourth-order valence-electron chi connectivity index (χ4n) is 5.10. The zero-order valence-electron chi connectivity index (χ0n) is 16.0. The lowest BCUT2D eigenvalue weighted by Crippen LogP contribution is -2.46. The highest BCUT2D eigenvalue weighted by Gasteiger charge is 2.56. The van der Waals surface area contributed by atoms with Gasteiger partial charge < -0.3 is 4.90 Å². The molecule has 3 heterocycles. The Morgan fingerprint density at radius 3 is 2.31 bits per heavy atom. The summed E-state index contributed by atoms with van der Waals surface area (Å²) >= 11 is 0. The van der Waals surface area contributed by atoms with Gasteiger partial charge in [-0.05, 0) is 55.2 Å². The number of nitrogens with zero attached hydrogens (tertiary/aromatic N) is 3. The molecule has 1 spiro atoms. The third-order valence-electron chi connectivity index (χ3n) is 6.57. The van der Waals surface area contributed by atoms with Gasteiger partial charge in [-0.2, -0.15) is 0 Å². The van der Waals surface area contributed by atoms with Gasteiger partial charge in [0.25, 0.3) is 0 Å². The average Bonchev–Trinajstić information content (AvgIpc) is 3.20. The first-order chi connectivity index (χ1) is 13.9. The molecule has 1 amide bonds. The summed E-state index contributed by atoms with van der Waals surface area (Å²) in [7, 11) is 0. The lowest BCUT2D eigenvalue weighted by atomic mass is 9.77. The molecule has 3 aliphatic heterocycles. The Balaban J connectivity index is 1.35. The van der Waals surface area contributed by atoms with Gasteiger partial charge in [0.1, 0.15) is 17.5 Å². The summed E-state index contributed by atoms with van der Waals surface area (Å²) in [5.41, 5.74) is 0.862. The SMILES string of the molecule is O=C1N2[C@H](c3cc(F)cc(F)c3)CCN2CC12CCN(c1cccc(F)c1)CC2. The normalized spacial score (nSPS) is 23.8. The summed E-state index contributed by atoms with van der Waals surface area (Å²) in [6.07, 6.45) is 2.03. The zero-order valence-corrected chi connectivity index (χ0v) is 16.0. The summed E-state index contributed by atoms with van der Waals surface area (Å²) in [5.74, 6) is -1.47. The predicted octanol–water partition coefficient (Wildman–Crippen LogP) is 3.89. The Labute approximate surface area is 167 Å². The van der Waals surface area contributed by atoms with Crippen LogP contribution in [0.4, 0.5) is 18.9 Å². The van der Waals surface area contributed by atoms with E-state index in [1.165, 1.54) is 24.3 Å². The van der Waals surface area contributed by atoms with Crippen LogP contribution in [-0.4, -0.2) is 42.1 Å². The van der Waals surface area contributed by atoms with Crippen molar-refractivity contribution in [2.75, 3.05) is 31.1 Å². The van der Waals surface area contributed by atoms with Crippen LogP contribution < -0.4 is 4.90 Å². The summed E-state index contributed by atoms with van der Waals surface area (Å²) in [6.45, 7) is 2.69. The first kappa shape index (κ1) is 18.5. The maximum atomic E-state index is 13.7. The molecule has 0 unspecified atom stereocenters. The van der Waals surface area contributed by atoms with Crippen molar-refractivity contribution in [3.05, 3.63) is 65.5 Å². The number of benzene rings is 2. The third kappa shape index (κ3) is 3.08. The molecule has 2 aromatic rings. The quantitative estimate of drug-likeness (QED) is 0.764. The molecular formula is C22H22F3N3O. The van der Waals surface area contributed by atoms with E-state index >= 15 is 0 Å². The van der Waals surface area contributed by atoms with Crippen LogP contribution in [0.1, 0.15) is 30.9 Å². The number of rotatable bonds is 2. The van der Waals surface area contributed by atoms with E-state index in [0.29, 0.717) is 51.0 Å². The van der Waals surface area contributed by atoms with E-state index < -0.39 is 17.0 Å². The van der Waals surface area contributed by atoms with Gasteiger partial charge in [-0.15, -0.1) is 0 Å². The fourth-order valence-corrected chi connectivity index (χ4v) is 5.10. The molecule has 152 valence electrons. The van der Waals surface area contributed by atoms with Gasteiger partial charge in [-0.3, -0.25) is 9.80 Å². The Bertz CT molecular complexity index is 938. The van der Waals surface area contributed by atoms with E-state index in [-0.39, 0.29) is 17.8 Å². The second-order valence-corrected chi connectivity index (χ2v) is 8.29. The molecule has 3 saturated heterocycles. The number of amides is 1. The number of hydrazine groups is 1. The lowest BCUT2D eigenvalue weighted by Gasteiger charge is -2.39. The van der Waals surface area contributed by atoms with Crippen molar-refractivity contribution in [3.8, 4) is 0 Å². The van der Waals surface area contributed by atoms with Crippen molar-refractivity contribution in [2.45, 2.75) is 25.3 Å². The van der Waals surface area contributed by atoms with E-state index in [4.69, 9.17) is 0 Å². The second-order valence-electron chi connectivity index (χ2n) is 8.29. The summed E-state index contributed by atoms with van der Waals surface area (Å²) in [6, 6.07) is 9.69. The second kappa shape index (κ2) is 6.76. The first-order valence-electron chi connectivity index (χ1n) is 10.0. The minimum absolute atomic E-state index is 0.0450. The first-order valence-corrected chi connectivity index (χ1v) is 10.0. The van der Waals surface area contributed by atoms with Crippen LogP contribution in [0.2, 0.25) is 0 Å². The lowest BCUT2D eigenvalue weighted by molar-refractivity contribution is -0.143. The van der Waals surface area contributed by atoms with Crippen LogP contribution in [0.5, 0.6) is 0 Å². The van der Waals surface area contributed by atoms with Gasteiger partial charge in [-0.25, -0.2) is 18.2 Å². The Morgan fingerprint density at radius 2 is 1.62 bits per heavy atom. The van der Waals surface area contributed by atoms with E-state index in [9.17, 15) is 18.0 Å². The largest absolute Gasteiger partial charge is 0.371 e. The highest BCUT2D eigenvalue weighted by Crippen LogP contribution is 2.47. The zero-order chi connectivity index (χ0) is 20.2. The molecule has 3 aliphatic rings. The summed E-state index contributed by atoms with van der Waals surface area (Å²) < 4.78 is 41.0. The van der Waals surface area contributed by atoms with Crippen LogP contribution in [0, 0.1) is 22.9 Å². The number of anilines is 1. The number of hydrogen-bond donors (Lipinski definition) is 0. The molecule has 3 fully saturated rings. The molecule has 5 rings (SSSR count). The van der Waals surface area contributed by atoms with Crippen LogP contribution in [0.15, 0.2) is 42.5 Å². The topological polar surface area (TPSA) is 26.8 Å². The monoisotopic (exact) mass is 401 g/mol. The molecule has 29 heavy (non-hydrogen) atoms. The Kier molecular flexibility index (Phi) is 4.31.